The zero-order valence-corrected chi connectivity index (χ0v) is 16.8. The van der Waals surface area contributed by atoms with E-state index in [4.69, 9.17) is 9.15 Å². The number of carbonyl (C=O) groups excluding carboxylic acids is 2. The molecule has 9 heteroatoms. The monoisotopic (exact) mass is 420 g/mol. The normalized spacial score (nSPS) is 15.0. The minimum Gasteiger partial charge on any atom is -0.468 e. The summed E-state index contributed by atoms with van der Waals surface area (Å²) in [6.07, 6.45) is 5.54. The van der Waals surface area contributed by atoms with E-state index in [2.05, 4.69) is 4.72 Å². The van der Waals surface area contributed by atoms with Gasteiger partial charge in [0.05, 0.1) is 23.3 Å². The Morgan fingerprint density at radius 3 is 2.52 bits per heavy atom. The lowest BCUT2D eigenvalue weighted by Crippen LogP contribution is -2.35. The van der Waals surface area contributed by atoms with E-state index in [1.165, 1.54) is 30.5 Å². The molecule has 8 nitrogen and oxygen atoms in total. The van der Waals surface area contributed by atoms with Gasteiger partial charge < -0.3 is 14.1 Å². The van der Waals surface area contributed by atoms with E-state index in [1.54, 1.807) is 17.0 Å². The summed E-state index contributed by atoms with van der Waals surface area (Å²) in [6, 6.07) is 8.82. The van der Waals surface area contributed by atoms with Crippen molar-refractivity contribution in [1.82, 2.24) is 9.62 Å². The van der Waals surface area contributed by atoms with Crippen molar-refractivity contribution in [3.63, 3.8) is 0 Å². The summed E-state index contributed by atoms with van der Waals surface area (Å²) in [6.45, 7) is 0.984. The molecular formula is C20H24N2O6S. The van der Waals surface area contributed by atoms with Crippen molar-refractivity contribution < 1.29 is 27.2 Å². The fraction of sp³-hybridized carbons (Fsp3) is 0.400. The molecule has 3 rings (SSSR count). The van der Waals surface area contributed by atoms with Gasteiger partial charge in [-0.05, 0) is 43.2 Å². The molecular weight excluding hydrogens is 396 g/mol. The number of rotatable bonds is 7. The van der Waals surface area contributed by atoms with E-state index in [0.29, 0.717) is 18.8 Å². The van der Waals surface area contributed by atoms with Crippen molar-refractivity contribution >= 4 is 21.9 Å². The number of hydrogen-bond donors (Lipinski definition) is 1. The number of nitrogens with zero attached hydrogens (tertiary/aromatic N) is 1. The van der Waals surface area contributed by atoms with Crippen LogP contribution in [0.15, 0.2) is 52.0 Å². The number of carbonyl (C=O) groups is 2. The summed E-state index contributed by atoms with van der Waals surface area (Å²) in [4.78, 5) is 26.2. The number of likely N-dealkylation sites (tertiary alicyclic amines) is 1. The van der Waals surface area contributed by atoms with E-state index in [-0.39, 0.29) is 29.5 Å². The van der Waals surface area contributed by atoms with Crippen molar-refractivity contribution in [2.75, 3.05) is 19.7 Å². The first-order chi connectivity index (χ1) is 14.0. The minimum absolute atomic E-state index is 0.00561. The second-order valence-corrected chi connectivity index (χ2v) is 8.57. The van der Waals surface area contributed by atoms with Gasteiger partial charge in [-0.15, -0.1) is 0 Å². The van der Waals surface area contributed by atoms with E-state index < -0.39 is 16.0 Å². The van der Waals surface area contributed by atoms with E-state index in [1.807, 2.05) is 0 Å². The van der Waals surface area contributed by atoms with Gasteiger partial charge in [-0.3, -0.25) is 4.79 Å². The van der Waals surface area contributed by atoms with Crippen LogP contribution in [0.25, 0.3) is 0 Å². The average molecular weight is 420 g/mol. The topological polar surface area (TPSA) is 106 Å². The Kier molecular flexibility index (Phi) is 7.05. The first-order valence-electron chi connectivity index (χ1n) is 9.53. The molecule has 1 aromatic heterocycles. The maximum atomic E-state index is 12.4. The quantitative estimate of drug-likeness (QED) is 0.689. The smallest absolute Gasteiger partial charge is 0.338 e. The maximum Gasteiger partial charge on any atom is 0.338 e. The van der Waals surface area contributed by atoms with E-state index in [9.17, 15) is 18.0 Å². The molecule has 0 unspecified atom stereocenters. The Labute approximate surface area is 169 Å². The fourth-order valence-electron chi connectivity index (χ4n) is 3.07. The van der Waals surface area contributed by atoms with Crippen molar-refractivity contribution in [2.45, 2.75) is 37.1 Å². The molecule has 1 saturated heterocycles. The van der Waals surface area contributed by atoms with Gasteiger partial charge in [-0.1, -0.05) is 18.9 Å². The van der Waals surface area contributed by atoms with E-state index in [0.717, 1.165) is 25.7 Å². The van der Waals surface area contributed by atoms with Crippen LogP contribution < -0.4 is 4.72 Å². The van der Waals surface area contributed by atoms with Gasteiger partial charge in [-0.25, -0.2) is 17.9 Å². The highest BCUT2D eigenvalue weighted by molar-refractivity contribution is 7.89. The maximum absolute atomic E-state index is 12.4. The van der Waals surface area contributed by atoms with Gasteiger partial charge in [0.15, 0.2) is 6.61 Å². The molecule has 0 spiro atoms. The summed E-state index contributed by atoms with van der Waals surface area (Å²) in [7, 11) is -3.84. The van der Waals surface area contributed by atoms with Gasteiger partial charge in [0.25, 0.3) is 5.91 Å². The van der Waals surface area contributed by atoms with Crippen molar-refractivity contribution in [3.05, 3.63) is 54.0 Å². The number of esters is 1. The number of benzene rings is 1. The lowest BCUT2D eigenvalue weighted by molar-refractivity contribution is -0.134. The molecule has 1 N–H and O–H groups in total. The molecule has 156 valence electrons. The third-order valence-corrected chi connectivity index (χ3v) is 6.08. The van der Waals surface area contributed by atoms with Crippen LogP contribution in [-0.2, 0) is 26.1 Å². The molecule has 2 heterocycles. The molecule has 1 fully saturated rings. The van der Waals surface area contributed by atoms with Crippen molar-refractivity contribution in [2.24, 2.45) is 0 Å². The average Bonchev–Trinajstić information content (AvgIpc) is 3.11. The second kappa shape index (κ2) is 9.71. The number of nitrogens with one attached hydrogen (secondary N) is 1. The number of sulfonamides is 1. The molecule has 29 heavy (non-hydrogen) atoms. The standard InChI is InChI=1S/C20H24N2O6S/c23-19(22-10-3-1-2-4-11-22)15-28-20(24)16-7-5-9-18(13-16)29(25,26)21-14-17-8-6-12-27-17/h5-9,12-13,21H,1-4,10-11,14-15H2. The zero-order chi connectivity index (χ0) is 20.7. The minimum atomic E-state index is -3.84. The summed E-state index contributed by atoms with van der Waals surface area (Å²) in [5.74, 6) is -0.503. The van der Waals surface area contributed by atoms with Crippen molar-refractivity contribution in [1.29, 1.82) is 0 Å². The van der Waals surface area contributed by atoms with Gasteiger partial charge in [0, 0.05) is 13.1 Å². The summed E-state index contributed by atoms with van der Waals surface area (Å²) in [5, 5.41) is 0. The van der Waals surface area contributed by atoms with Gasteiger partial charge in [0.1, 0.15) is 5.76 Å². The van der Waals surface area contributed by atoms with Crippen LogP contribution >= 0.6 is 0 Å². The molecule has 2 aromatic rings. The highest BCUT2D eigenvalue weighted by Gasteiger charge is 2.20. The van der Waals surface area contributed by atoms with Crippen LogP contribution in [-0.4, -0.2) is 44.9 Å². The zero-order valence-electron chi connectivity index (χ0n) is 16.0. The number of furan rings is 1. The lowest BCUT2D eigenvalue weighted by atomic mass is 10.2. The largest absolute Gasteiger partial charge is 0.468 e. The van der Waals surface area contributed by atoms with Crippen LogP contribution in [0.2, 0.25) is 0 Å². The molecule has 1 aromatic carbocycles. The third-order valence-electron chi connectivity index (χ3n) is 4.68. The third kappa shape index (κ3) is 5.91. The molecule has 0 atom stereocenters. The Morgan fingerprint density at radius 1 is 1.07 bits per heavy atom. The summed E-state index contributed by atoms with van der Waals surface area (Å²) in [5.41, 5.74) is 0.0644. The fourth-order valence-corrected chi connectivity index (χ4v) is 4.11. The number of ether oxygens (including phenoxy) is 1. The first kappa shape index (κ1) is 21.1. The van der Waals surface area contributed by atoms with Crippen LogP contribution in [0.3, 0.4) is 0 Å². The number of amides is 1. The summed E-state index contributed by atoms with van der Waals surface area (Å²) < 4.78 is 37.5. The van der Waals surface area contributed by atoms with Crippen LogP contribution in [0.1, 0.15) is 41.8 Å². The predicted molar refractivity (Wildman–Crippen MR) is 105 cm³/mol. The van der Waals surface area contributed by atoms with Crippen LogP contribution in [0.4, 0.5) is 0 Å². The van der Waals surface area contributed by atoms with Crippen LogP contribution in [0.5, 0.6) is 0 Å². The molecule has 0 saturated carbocycles. The SMILES string of the molecule is O=C(OCC(=O)N1CCCCCC1)c1cccc(S(=O)(=O)NCc2ccco2)c1. The Balaban J connectivity index is 1.59. The van der Waals surface area contributed by atoms with E-state index >= 15 is 0 Å². The number of hydrogen-bond acceptors (Lipinski definition) is 6. The first-order valence-corrected chi connectivity index (χ1v) is 11.0. The highest BCUT2D eigenvalue weighted by atomic mass is 32.2. The van der Waals surface area contributed by atoms with Crippen LogP contribution in [0, 0.1) is 0 Å². The Morgan fingerprint density at radius 2 is 1.83 bits per heavy atom. The molecule has 0 bridgehead atoms. The molecule has 1 amide bonds. The van der Waals surface area contributed by atoms with Gasteiger partial charge in [0.2, 0.25) is 10.0 Å². The highest BCUT2D eigenvalue weighted by Crippen LogP contribution is 2.14. The molecule has 0 radical (unpaired) electrons. The van der Waals surface area contributed by atoms with Gasteiger partial charge >= 0.3 is 5.97 Å². The molecule has 1 aliphatic heterocycles. The Hall–Kier alpha value is -2.65. The second-order valence-electron chi connectivity index (χ2n) is 6.80. The predicted octanol–water partition coefficient (Wildman–Crippen LogP) is 2.32. The molecule has 1 aliphatic rings. The van der Waals surface area contributed by atoms with Gasteiger partial charge in [-0.2, -0.15) is 0 Å². The lowest BCUT2D eigenvalue weighted by Gasteiger charge is -2.19. The van der Waals surface area contributed by atoms with Crippen molar-refractivity contribution in [3.8, 4) is 0 Å². The molecule has 0 aliphatic carbocycles. The summed E-state index contributed by atoms with van der Waals surface area (Å²) >= 11 is 0. The Bertz CT molecular complexity index is 932.